The molecule has 0 fully saturated rings. The zero-order valence-electron chi connectivity index (χ0n) is 20.4. The normalized spacial score (nSPS) is 13.0. The van der Waals surface area contributed by atoms with Crippen LogP contribution in [0.2, 0.25) is 5.02 Å². The molecule has 4 aromatic rings. The molecule has 3 amide bonds. The summed E-state index contributed by atoms with van der Waals surface area (Å²) in [6.07, 6.45) is 0. The molecule has 0 spiro atoms. The van der Waals surface area contributed by atoms with E-state index in [4.69, 9.17) is 27.9 Å². The minimum Gasteiger partial charge on any atom is -0.489 e. The summed E-state index contributed by atoms with van der Waals surface area (Å²) in [4.78, 5) is 39.6. The number of hydrogen-bond acceptors (Lipinski definition) is 5. The highest BCUT2D eigenvalue weighted by molar-refractivity contribution is 6.53. The summed E-state index contributed by atoms with van der Waals surface area (Å²) in [6, 6.07) is 29.7. The molecule has 7 nitrogen and oxygen atoms in total. The minimum atomic E-state index is -0.670. The maximum Gasteiger partial charge on any atom is 0.283 e. The number of anilines is 3. The van der Waals surface area contributed by atoms with Crippen molar-refractivity contribution in [1.82, 2.24) is 0 Å². The van der Waals surface area contributed by atoms with E-state index in [1.807, 2.05) is 30.3 Å². The Morgan fingerprint density at radius 3 is 2.26 bits per heavy atom. The molecule has 0 radical (unpaired) electrons. The van der Waals surface area contributed by atoms with Gasteiger partial charge in [0.25, 0.3) is 17.7 Å². The number of hydrogen-bond donors (Lipinski definition) is 2. The average molecular weight is 558 g/mol. The Balaban J connectivity index is 1.24. The number of benzene rings is 4. The molecule has 4 aromatic carbocycles. The lowest BCUT2D eigenvalue weighted by Gasteiger charge is -2.15. The van der Waals surface area contributed by atoms with Crippen molar-refractivity contribution in [3.05, 3.63) is 130 Å². The molecular weight excluding hydrogens is 537 g/mol. The van der Waals surface area contributed by atoms with Crippen LogP contribution in [0.5, 0.6) is 5.75 Å². The molecule has 0 bridgehead atoms. The summed E-state index contributed by atoms with van der Waals surface area (Å²) in [5, 5.41) is 5.84. The van der Waals surface area contributed by atoms with Gasteiger partial charge in [0.2, 0.25) is 0 Å². The highest BCUT2D eigenvalue weighted by atomic mass is 35.5. The Morgan fingerprint density at radius 1 is 0.769 bits per heavy atom. The maximum atomic E-state index is 13.0. The molecule has 1 heterocycles. The molecule has 1 aliphatic rings. The number of rotatable bonds is 8. The molecule has 0 aromatic heterocycles. The van der Waals surface area contributed by atoms with Gasteiger partial charge in [-0.1, -0.05) is 65.7 Å². The number of amides is 3. The van der Waals surface area contributed by atoms with Crippen molar-refractivity contribution in [3.8, 4) is 5.75 Å². The van der Waals surface area contributed by atoms with Gasteiger partial charge in [-0.25, -0.2) is 4.90 Å². The van der Waals surface area contributed by atoms with Crippen molar-refractivity contribution >= 4 is 58.0 Å². The van der Waals surface area contributed by atoms with Gasteiger partial charge in [0.15, 0.2) is 0 Å². The fourth-order valence-corrected chi connectivity index (χ4v) is 4.32. The highest BCUT2D eigenvalue weighted by Gasteiger charge is 2.39. The van der Waals surface area contributed by atoms with Gasteiger partial charge in [-0.15, -0.1) is 0 Å². The third-order valence-electron chi connectivity index (χ3n) is 5.85. The lowest BCUT2D eigenvalue weighted by atomic mass is 10.1. The van der Waals surface area contributed by atoms with Gasteiger partial charge < -0.3 is 15.4 Å². The summed E-state index contributed by atoms with van der Waals surface area (Å²) in [7, 11) is 0. The van der Waals surface area contributed by atoms with Gasteiger partial charge in [-0.2, -0.15) is 0 Å². The number of ether oxygens (including phenoxy) is 1. The van der Waals surface area contributed by atoms with Gasteiger partial charge in [-0.3, -0.25) is 14.4 Å². The second-order valence-corrected chi connectivity index (χ2v) is 9.39. The van der Waals surface area contributed by atoms with E-state index in [1.165, 1.54) is 6.07 Å². The number of carbonyl (C=O) groups is 3. The minimum absolute atomic E-state index is 0.0923. The molecule has 0 aliphatic carbocycles. The molecule has 0 saturated carbocycles. The van der Waals surface area contributed by atoms with Crippen molar-refractivity contribution in [3.63, 3.8) is 0 Å². The van der Waals surface area contributed by atoms with E-state index in [-0.39, 0.29) is 16.6 Å². The van der Waals surface area contributed by atoms with Gasteiger partial charge in [-0.05, 0) is 66.2 Å². The van der Waals surface area contributed by atoms with Crippen LogP contribution in [0.25, 0.3) is 0 Å². The molecule has 1 aliphatic heterocycles. The molecule has 0 atom stereocenters. The van der Waals surface area contributed by atoms with Crippen LogP contribution in [0.15, 0.2) is 114 Å². The van der Waals surface area contributed by atoms with Gasteiger partial charge in [0, 0.05) is 22.0 Å². The number of nitrogens with one attached hydrogen (secondary N) is 2. The van der Waals surface area contributed by atoms with Crippen LogP contribution < -0.4 is 20.3 Å². The van der Waals surface area contributed by atoms with Crippen molar-refractivity contribution in [1.29, 1.82) is 0 Å². The predicted octanol–water partition coefficient (Wildman–Crippen LogP) is 6.61. The Morgan fingerprint density at radius 2 is 1.51 bits per heavy atom. The zero-order valence-corrected chi connectivity index (χ0v) is 21.9. The first-order chi connectivity index (χ1) is 18.9. The number of imide groups is 1. The van der Waals surface area contributed by atoms with Gasteiger partial charge in [0.1, 0.15) is 23.1 Å². The zero-order chi connectivity index (χ0) is 27.4. The summed E-state index contributed by atoms with van der Waals surface area (Å²) in [5.74, 6) is -0.977. The first-order valence-electron chi connectivity index (χ1n) is 11.9. The topological polar surface area (TPSA) is 87.7 Å². The molecule has 9 heteroatoms. The lowest BCUT2D eigenvalue weighted by Crippen LogP contribution is -2.32. The smallest absolute Gasteiger partial charge is 0.283 e. The Bertz CT molecular complexity index is 1590. The quantitative estimate of drug-likeness (QED) is 0.238. The van der Waals surface area contributed by atoms with Crippen molar-refractivity contribution in [2.24, 2.45) is 0 Å². The van der Waals surface area contributed by atoms with Crippen molar-refractivity contribution < 1.29 is 19.1 Å². The van der Waals surface area contributed by atoms with Crippen LogP contribution in [0.4, 0.5) is 17.1 Å². The van der Waals surface area contributed by atoms with Crippen LogP contribution in [0.3, 0.4) is 0 Å². The van der Waals surface area contributed by atoms with Crippen LogP contribution in [0, 0.1) is 0 Å². The standard InChI is InChI=1S/C30H21Cl2N3O4/c31-21-9-5-11-24(17-21)35-29(37)26(32)27(30(35)38)33-23-10-4-8-20(16-23)28(36)34-22-12-14-25(15-13-22)39-18-19-6-2-1-3-7-19/h1-17,33H,18H2,(H,34,36). The van der Waals surface area contributed by atoms with E-state index < -0.39 is 11.8 Å². The van der Waals surface area contributed by atoms with E-state index in [2.05, 4.69) is 10.6 Å². The molecule has 5 rings (SSSR count). The fraction of sp³-hybridized carbons (Fsp3) is 0.0333. The van der Waals surface area contributed by atoms with E-state index >= 15 is 0 Å². The first-order valence-corrected chi connectivity index (χ1v) is 12.6. The monoisotopic (exact) mass is 557 g/mol. The summed E-state index contributed by atoms with van der Waals surface area (Å²) >= 11 is 12.2. The van der Waals surface area contributed by atoms with E-state index in [0.717, 1.165) is 10.5 Å². The van der Waals surface area contributed by atoms with Gasteiger partial charge in [0.05, 0.1) is 5.69 Å². The number of carbonyl (C=O) groups excluding carboxylic acids is 3. The Labute approximate surface area is 234 Å². The maximum absolute atomic E-state index is 13.0. The van der Waals surface area contributed by atoms with Gasteiger partial charge >= 0.3 is 0 Å². The molecular formula is C30H21Cl2N3O4. The summed E-state index contributed by atoms with van der Waals surface area (Å²) < 4.78 is 5.78. The fourth-order valence-electron chi connectivity index (χ4n) is 3.92. The third-order valence-corrected chi connectivity index (χ3v) is 6.43. The number of nitrogens with zero attached hydrogens (tertiary/aromatic N) is 1. The Kier molecular flexibility index (Phi) is 7.63. The second kappa shape index (κ2) is 11.4. The summed E-state index contributed by atoms with van der Waals surface area (Å²) in [5.41, 5.74) is 2.60. The lowest BCUT2D eigenvalue weighted by molar-refractivity contribution is -0.120. The SMILES string of the molecule is O=C(Nc1ccc(OCc2ccccc2)cc1)c1cccc(NC2=C(Cl)C(=O)N(c3cccc(Cl)c3)C2=O)c1. The second-order valence-electron chi connectivity index (χ2n) is 8.57. The molecule has 2 N–H and O–H groups in total. The van der Waals surface area contributed by atoms with Crippen molar-refractivity contribution in [2.75, 3.05) is 15.5 Å². The first kappa shape index (κ1) is 26.0. The molecule has 39 heavy (non-hydrogen) atoms. The van der Waals surface area contributed by atoms with Crippen LogP contribution in [-0.4, -0.2) is 17.7 Å². The third kappa shape index (κ3) is 5.95. The Hall–Kier alpha value is -4.59. The molecule has 194 valence electrons. The predicted molar refractivity (Wildman–Crippen MR) is 152 cm³/mol. The molecule has 0 saturated heterocycles. The highest BCUT2D eigenvalue weighted by Crippen LogP contribution is 2.31. The van der Waals surface area contributed by atoms with Crippen LogP contribution in [-0.2, 0) is 16.2 Å². The largest absolute Gasteiger partial charge is 0.489 e. The summed E-state index contributed by atoms with van der Waals surface area (Å²) in [6.45, 7) is 0.442. The van der Waals surface area contributed by atoms with E-state index in [9.17, 15) is 14.4 Å². The van der Waals surface area contributed by atoms with Crippen LogP contribution >= 0.6 is 23.2 Å². The van der Waals surface area contributed by atoms with Crippen molar-refractivity contribution in [2.45, 2.75) is 6.61 Å². The number of halogens is 2. The van der Waals surface area contributed by atoms with E-state index in [1.54, 1.807) is 66.7 Å². The van der Waals surface area contributed by atoms with E-state index in [0.29, 0.717) is 40.0 Å². The molecule has 0 unspecified atom stereocenters. The van der Waals surface area contributed by atoms with Crippen LogP contribution in [0.1, 0.15) is 15.9 Å². The average Bonchev–Trinajstić information content (AvgIpc) is 3.16.